The molecule has 0 saturated heterocycles. The molecular weight excluding hydrogens is 149 g/mol. The van der Waals surface area contributed by atoms with Crippen molar-refractivity contribution in [1.82, 2.24) is 0 Å². The summed E-state index contributed by atoms with van der Waals surface area (Å²) in [4.78, 5) is 0. The van der Waals surface area contributed by atoms with Crippen LogP contribution in [0.2, 0.25) is 0 Å². The lowest BCUT2D eigenvalue weighted by atomic mass is 10.4. The lowest BCUT2D eigenvalue weighted by Gasteiger charge is -2.15. The van der Waals surface area contributed by atoms with Crippen LogP contribution in [0, 0.1) is 5.41 Å². The summed E-state index contributed by atoms with van der Waals surface area (Å²) in [5, 5.41) is 6.36. The zero-order valence-electron chi connectivity index (χ0n) is 5.20. The highest BCUT2D eigenvalue weighted by molar-refractivity contribution is 5.67. The molecule has 0 fully saturated rings. The minimum atomic E-state index is -4.45. The molecule has 1 atom stereocenters. The summed E-state index contributed by atoms with van der Waals surface area (Å²) in [5.41, 5.74) is 4.55. The van der Waals surface area contributed by atoms with E-state index in [-0.39, 0.29) is 0 Å². The molecule has 10 heavy (non-hydrogen) atoms. The number of nitrogens with one attached hydrogen (secondary N) is 1. The van der Waals surface area contributed by atoms with Crippen molar-refractivity contribution in [3.8, 4) is 0 Å². The third-order valence-corrected chi connectivity index (χ3v) is 0.765. The monoisotopic (exact) mass is 156 g/mol. The van der Waals surface area contributed by atoms with Crippen molar-refractivity contribution in [2.75, 3.05) is 0 Å². The topological polar surface area (TPSA) is 59.1 Å². The Hall–Kier alpha value is -0.940. The van der Waals surface area contributed by atoms with Crippen LogP contribution in [0.15, 0.2) is 0 Å². The van der Waals surface area contributed by atoms with E-state index in [0.717, 1.165) is 6.92 Å². The average Bonchev–Trinajstić information content (AvgIpc) is 1.60. The Morgan fingerprint density at radius 1 is 1.60 bits per heavy atom. The number of halogens is 3. The van der Waals surface area contributed by atoms with Crippen LogP contribution >= 0.6 is 0 Å². The maximum atomic E-state index is 11.5. The molecule has 0 amide bonds. The van der Waals surface area contributed by atoms with E-state index in [0.29, 0.717) is 0 Å². The van der Waals surface area contributed by atoms with Crippen LogP contribution in [-0.4, -0.2) is 18.3 Å². The normalized spacial score (nSPS) is 14.4. The van der Waals surface area contributed by atoms with Crippen LogP contribution in [0.4, 0.5) is 13.2 Å². The van der Waals surface area contributed by atoms with Crippen molar-refractivity contribution in [2.45, 2.75) is 19.2 Å². The van der Waals surface area contributed by atoms with Crippen LogP contribution in [0.3, 0.4) is 0 Å². The highest BCUT2D eigenvalue weighted by Crippen LogP contribution is 2.21. The molecule has 0 rings (SSSR count). The lowest BCUT2D eigenvalue weighted by Crippen LogP contribution is -2.33. The number of nitrogens with two attached hydrogens (primary N) is 1. The van der Waals surface area contributed by atoms with Gasteiger partial charge in [0, 0.05) is 0 Å². The van der Waals surface area contributed by atoms with Crippen molar-refractivity contribution in [1.29, 1.82) is 5.41 Å². The van der Waals surface area contributed by atoms with Gasteiger partial charge in [0.1, 0.15) is 0 Å². The summed E-state index contributed by atoms with van der Waals surface area (Å²) in [5.74, 6) is 0. The first-order valence-electron chi connectivity index (χ1n) is 2.41. The largest absolute Gasteiger partial charge is 0.453 e. The van der Waals surface area contributed by atoms with Gasteiger partial charge in [0.25, 0.3) is 6.02 Å². The maximum Gasteiger partial charge on any atom is 0.425 e. The van der Waals surface area contributed by atoms with E-state index < -0.39 is 18.3 Å². The molecule has 0 aromatic carbocycles. The van der Waals surface area contributed by atoms with Gasteiger partial charge in [-0.2, -0.15) is 13.2 Å². The molecule has 0 unspecified atom stereocenters. The SMILES string of the molecule is C[C@H](OC(=N)N)C(F)(F)F. The van der Waals surface area contributed by atoms with E-state index in [4.69, 9.17) is 5.41 Å². The second-order valence-electron chi connectivity index (χ2n) is 1.67. The van der Waals surface area contributed by atoms with Gasteiger partial charge in [-0.15, -0.1) is 0 Å². The van der Waals surface area contributed by atoms with Crippen LogP contribution in [-0.2, 0) is 4.74 Å². The minimum absolute atomic E-state index is 0.779. The highest BCUT2D eigenvalue weighted by atomic mass is 19.4. The standard InChI is InChI=1S/C4H7F3N2O/c1-2(4(5,6)7)10-3(8)9/h2H,1H3,(H3,8,9)/t2-/m0/s1. The number of hydrogen-bond donors (Lipinski definition) is 2. The first-order valence-corrected chi connectivity index (χ1v) is 2.41. The summed E-state index contributed by atoms with van der Waals surface area (Å²) in [6.07, 6.45) is -6.46. The molecule has 6 heteroatoms. The van der Waals surface area contributed by atoms with Crippen molar-refractivity contribution >= 4 is 6.02 Å². The minimum Gasteiger partial charge on any atom is -0.453 e. The molecule has 0 saturated carbocycles. The maximum absolute atomic E-state index is 11.5. The van der Waals surface area contributed by atoms with Gasteiger partial charge < -0.3 is 10.5 Å². The summed E-state index contributed by atoms with van der Waals surface area (Å²) in [7, 11) is 0. The second-order valence-corrected chi connectivity index (χ2v) is 1.67. The molecule has 0 bridgehead atoms. The Balaban J connectivity index is 3.85. The van der Waals surface area contributed by atoms with E-state index >= 15 is 0 Å². The predicted molar refractivity (Wildman–Crippen MR) is 28.5 cm³/mol. The molecule has 60 valence electrons. The van der Waals surface area contributed by atoms with Crippen LogP contribution in [0.25, 0.3) is 0 Å². The average molecular weight is 156 g/mol. The van der Waals surface area contributed by atoms with Crippen molar-refractivity contribution in [3.63, 3.8) is 0 Å². The van der Waals surface area contributed by atoms with E-state index in [2.05, 4.69) is 10.5 Å². The fourth-order valence-corrected chi connectivity index (χ4v) is 0.257. The molecule has 0 spiro atoms. The molecule has 0 aliphatic carbocycles. The number of hydrogen-bond acceptors (Lipinski definition) is 2. The molecule has 0 aromatic rings. The first kappa shape index (κ1) is 9.06. The Morgan fingerprint density at radius 3 is 2.10 bits per heavy atom. The van der Waals surface area contributed by atoms with Gasteiger partial charge in [0.15, 0.2) is 6.10 Å². The van der Waals surface area contributed by atoms with Gasteiger partial charge in [-0.1, -0.05) is 0 Å². The Labute approximate surface area is 55.5 Å². The van der Waals surface area contributed by atoms with Crippen molar-refractivity contribution in [2.24, 2.45) is 5.73 Å². The van der Waals surface area contributed by atoms with E-state index in [1.165, 1.54) is 0 Å². The summed E-state index contributed by atoms with van der Waals surface area (Å²) < 4.78 is 38.4. The third kappa shape index (κ3) is 3.16. The number of amidine groups is 1. The quantitative estimate of drug-likeness (QED) is 0.436. The Morgan fingerprint density at radius 2 is 2.00 bits per heavy atom. The Bertz CT molecular complexity index is 133. The van der Waals surface area contributed by atoms with Gasteiger partial charge in [0.05, 0.1) is 0 Å². The molecule has 0 aliphatic heterocycles. The summed E-state index contributed by atoms with van der Waals surface area (Å²) in [6, 6.07) is -0.926. The first-order chi connectivity index (χ1) is 4.34. The number of rotatable bonds is 1. The van der Waals surface area contributed by atoms with Crippen LogP contribution in [0.5, 0.6) is 0 Å². The summed E-state index contributed by atoms with van der Waals surface area (Å²) >= 11 is 0. The van der Waals surface area contributed by atoms with Crippen molar-refractivity contribution < 1.29 is 17.9 Å². The van der Waals surface area contributed by atoms with Crippen LogP contribution in [0.1, 0.15) is 6.92 Å². The lowest BCUT2D eigenvalue weighted by molar-refractivity contribution is -0.193. The number of alkyl halides is 3. The predicted octanol–water partition coefficient (Wildman–Crippen LogP) is 0.847. The molecular formula is C4H7F3N2O. The fraction of sp³-hybridized carbons (Fsp3) is 0.750. The van der Waals surface area contributed by atoms with E-state index in [1.54, 1.807) is 0 Å². The second kappa shape index (κ2) is 2.76. The molecule has 0 aromatic heterocycles. The van der Waals surface area contributed by atoms with Crippen LogP contribution < -0.4 is 5.73 Å². The van der Waals surface area contributed by atoms with Gasteiger partial charge >= 0.3 is 6.18 Å². The molecule has 0 heterocycles. The smallest absolute Gasteiger partial charge is 0.425 e. The fourth-order valence-electron chi connectivity index (χ4n) is 0.257. The van der Waals surface area contributed by atoms with Gasteiger partial charge in [0.2, 0.25) is 0 Å². The molecule has 3 N–H and O–H groups in total. The van der Waals surface area contributed by atoms with Gasteiger partial charge in [-0.3, -0.25) is 5.41 Å². The zero-order chi connectivity index (χ0) is 8.36. The van der Waals surface area contributed by atoms with E-state index in [1.807, 2.05) is 0 Å². The van der Waals surface area contributed by atoms with E-state index in [9.17, 15) is 13.2 Å². The third-order valence-electron chi connectivity index (χ3n) is 0.765. The summed E-state index contributed by atoms with van der Waals surface area (Å²) in [6.45, 7) is 0.779. The Kier molecular flexibility index (Phi) is 2.50. The van der Waals surface area contributed by atoms with Crippen molar-refractivity contribution in [3.05, 3.63) is 0 Å². The van der Waals surface area contributed by atoms with Gasteiger partial charge in [-0.05, 0) is 6.92 Å². The zero-order valence-corrected chi connectivity index (χ0v) is 5.20. The molecule has 0 aliphatic rings. The molecule has 0 radical (unpaired) electrons. The van der Waals surface area contributed by atoms with Gasteiger partial charge in [-0.25, -0.2) is 0 Å². The number of ether oxygens (including phenoxy) is 1. The highest BCUT2D eigenvalue weighted by Gasteiger charge is 2.38. The molecule has 3 nitrogen and oxygen atoms in total.